The van der Waals surface area contributed by atoms with E-state index in [9.17, 15) is 0 Å². The molecule has 0 aromatic carbocycles. The Morgan fingerprint density at radius 1 is 1.05 bits per heavy atom. The first-order valence-corrected chi connectivity index (χ1v) is 9.25. The van der Waals surface area contributed by atoms with Crippen LogP contribution >= 0.6 is 0 Å². The number of hydrogen-bond donors (Lipinski definition) is 1. The van der Waals surface area contributed by atoms with E-state index in [1.807, 2.05) is 0 Å². The molecule has 1 aliphatic carbocycles. The topological polar surface area (TPSA) is 29.3 Å². The molecule has 1 aliphatic heterocycles. The van der Waals surface area contributed by atoms with Crippen LogP contribution in [-0.2, 0) is 0 Å². The van der Waals surface area contributed by atoms with Gasteiger partial charge in [-0.3, -0.25) is 0 Å². The van der Waals surface area contributed by atoms with Crippen molar-refractivity contribution in [3.8, 4) is 0 Å². The Bertz CT molecular complexity index is 310. The zero-order valence-electron chi connectivity index (χ0n) is 15.1. The van der Waals surface area contributed by atoms with E-state index >= 15 is 0 Å². The molecule has 1 saturated heterocycles. The van der Waals surface area contributed by atoms with Gasteiger partial charge in [-0.25, -0.2) is 0 Å². The summed E-state index contributed by atoms with van der Waals surface area (Å²) in [6.45, 7) is 15.8. The highest BCUT2D eigenvalue weighted by Crippen LogP contribution is 2.36. The lowest BCUT2D eigenvalue weighted by Gasteiger charge is -2.42. The molecule has 0 bridgehead atoms. The van der Waals surface area contributed by atoms with Crippen LogP contribution in [0.4, 0.5) is 0 Å². The number of rotatable bonds is 3. The lowest BCUT2D eigenvalue weighted by Crippen LogP contribution is -2.46. The van der Waals surface area contributed by atoms with Gasteiger partial charge in [0.1, 0.15) is 0 Å². The van der Waals surface area contributed by atoms with Crippen molar-refractivity contribution < 1.29 is 0 Å². The molecule has 0 radical (unpaired) electrons. The van der Waals surface area contributed by atoms with Crippen LogP contribution in [0.1, 0.15) is 66.7 Å². The fraction of sp³-hybridized carbons (Fsp3) is 1.00. The van der Waals surface area contributed by atoms with Gasteiger partial charge in [-0.2, -0.15) is 0 Å². The Balaban J connectivity index is 1.82. The van der Waals surface area contributed by atoms with Crippen LogP contribution < -0.4 is 5.73 Å². The minimum Gasteiger partial charge on any atom is -0.327 e. The second-order valence-corrected chi connectivity index (χ2v) is 9.18. The van der Waals surface area contributed by atoms with Gasteiger partial charge in [0.15, 0.2) is 0 Å². The Morgan fingerprint density at radius 2 is 1.67 bits per heavy atom. The van der Waals surface area contributed by atoms with E-state index in [0.29, 0.717) is 11.5 Å². The molecule has 0 aromatic rings. The molecule has 0 aromatic heterocycles. The summed E-state index contributed by atoms with van der Waals surface area (Å²) in [7, 11) is 0. The second-order valence-electron chi connectivity index (χ2n) is 9.18. The summed E-state index contributed by atoms with van der Waals surface area (Å²) >= 11 is 0. The second kappa shape index (κ2) is 7.00. The van der Waals surface area contributed by atoms with Gasteiger partial charge in [0.25, 0.3) is 0 Å². The molecule has 124 valence electrons. The van der Waals surface area contributed by atoms with Gasteiger partial charge in [-0.1, -0.05) is 34.6 Å². The maximum atomic E-state index is 6.43. The first-order chi connectivity index (χ1) is 9.77. The summed E-state index contributed by atoms with van der Waals surface area (Å²) in [5.41, 5.74) is 6.91. The molecule has 2 rings (SSSR count). The van der Waals surface area contributed by atoms with Gasteiger partial charge in [-0.15, -0.1) is 0 Å². The molecule has 0 spiro atoms. The van der Waals surface area contributed by atoms with E-state index in [4.69, 9.17) is 5.73 Å². The van der Waals surface area contributed by atoms with E-state index in [1.165, 1.54) is 51.7 Å². The average molecular weight is 295 g/mol. The zero-order valence-corrected chi connectivity index (χ0v) is 15.1. The number of nitrogens with zero attached hydrogens (tertiary/aromatic N) is 1. The van der Waals surface area contributed by atoms with Crippen LogP contribution in [0.3, 0.4) is 0 Å². The molecule has 0 amide bonds. The monoisotopic (exact) mass is 294 g/mol. The predicted molar refractivity (Wildman–Crippen MR) is 92.3 cm³/mol. The van der Waals surface area contributed by atoms with Crippen molar-refractivity contribution in [1.29, 1.82) is 0 Å². The quantitative estimate of drug-likeness (QED) is 0.847. The summed E-state index contributed by atoms with van der Waals surface area (Å²) in [5.74, 6) is 3.36. The zero-order chi connectivity index (χ0) is 15.6. The Kier molecular flexibility index (Phi) is 5.76. The van der Waals surface area contributed by atoms with E-state index in [2.05, 4.69) is 39.5 Å². The minimum atomic E-state index is 0.445. The number of hydrogen-bond acceptors (Lipinski definition) is 2. The molecule has 2 nitrogen and oxygen atoms in total. The molecular weight excluding hydrogens is 256 g/mol. The van der Waals surface area contributed by atoms with Crippen LogP contribution in [-0.4, -0.2) is 30.6 Å². The maximum Gasteiger partial charge on any atom is 0.00795 e. The molecule has 3 unspecified atom stereocenters. The Hall–Kier alpha value is -0.0800. The summed E-state index contributed by atoms with van der Waals surface area (Å²) in [4.78, 5) is 2.70. The van der Waals surface area contributed by atoms with Crippen molar-refractivity contribution in [3.05, 3.63) is 0 Å². The lowest BCUT2D eigenvalue weighted by atomic mass is 9.73. The van der Waals surface area contributed by atoms with E-state index in [0.717, 1.165) is 23.7 Å². The smallest absolute Gasteiger partial charge is 0.00795 e. The molecule has 3 atom stereocenters. The Morgan fingerprint density at radius 3 is 2.19 bits per heavy atom. The number of nitrogens with two attached hydrogens (primary N) is 1. The maximum absolute atomic E-state index is 6.43. The molecule has 2 fully saturated rings. The highest BCUT2D eigenvalue weighted by atomic mass is 15.1. The largest absolute Gasteiger partial charge is 0.327 e. The highest BCUT2D eigenvalue weighted by Gasteiger charge is 2.33. The Labute approximate surface area is 132 Å². The van der Waals surface area contributed by atoms with Crippen LogP contribution in [0.5, 0.6) is 0 Å². The van der Waals surface area contributed by atoms with Crippen molar-refractivity contribution in [2.24, 2.45) is 34.8 Å². The molecule has 21 heavy (non-hydrogen) atoms. The predicted octanol–water partition coefficient (Wildman–Crippen LogP) is 4.14. The van der Waals surface area contributed by atoms with Gasteiger partial charge in [0.2, 0.25) is 0 Å². The van der Waals surface area contributed by atoms with Crippen molar-refractivity contribution in [3.63, 3.8) is 0 Å². The standard InChI is InChI=1S/C19H38N2/c1-14(2)15-6-7-18(20)16(12-15)13-21-10-8-17(9-11-21)19(3,4)5/h14-18H,6-13,20H2,1-5H3. The summed E-state index contributed by atoms with van der Waals surface area (Å²) in [6, 6.07) is 0.445. The van der Waals surface area contributed by atoms with Gasteiger partial charge < -0.3 is 10.6 Å². The van der Waals surface area contributed by atoms with Crippen LogP contribution in [0.25, 0.3) is 0 Å². The first kappa shape index (κ1) is 17.3. The van der Waals surface area contributed by atoms with Gasteiger partial charge in [0, 0.05) is 12.6 Å². The van der Waals surface area contributed by atoms with E-state index < -0.39 is 0 Å². The fourth-order valence-corrected chi connectivity index (χ4v) is 4.45. The molecule has 2 N–H and O–H groups in total. The van der Waals surface area contributed by atoms with Crippen LogP contribution in [0, 0.1) is 29.1 Å². The summed E-state index contributed by atoms with van der Waals surface area (Å²) in [6.07, 6.45) is 6.70. The van der Waals surface area contributed by atoms with Crippen molar-refractivity contribution in [2.75, 3.05) is 19.6 Å². The van der Waals surface area contributed by atoms with Gasteiger partial charge >= 0.3 is 0 Å². The van der Waals surface area contributed by atoms with Crippen molar-refractivity contribution in [1.82, 2.24) is 4.90 Å². The van der Waals surface area contributed by atoms with Crippen molar-refractivity contribution in [2.45, 2.75) is 72.8 Å². The average Bonchev–Trinajstić information content (AvgIpc) is 2.40. The third kappa shape index (κ3) is 4.69. The SMILES string of the molecule is CC(C)C1CCC(N)C(CN2CCC(C(C)(C)C)CC2)C1. The molecular formula is C19H38N2. The lowest BCUT2D eigenvalue weighted by molar-refractivity contribution is 0.0794. The third-order valence-electron chi connectivity index (χ3n) is 6.33. The molecule has 2 heteroatoms. The number of likely N-dealkylation sites (tertiary alicyclic amines) is 1. The van der Waals surface area contributed by atoms with Crippen LogP contribution in [0.15, 0.2) is 0 Å². The van der Waals surface area contributed by atoms with E-state index in [1.54, 1.807) is 0 Å². The molecule has 2 aliphatic rings. The minimum absolute atomic E-state index is 0.445. The first-order valence-electron chi connectivity index (χ1n) is 9.25. The van der Waals surface area contributed by atoms with Crippen molar-refractivity contribution >= 4 is 0 Å². The summed E-state index contributed by atoms with van der Waals surface area (Å²) < 4.78 is 0. The van der Waals surface area contributed by atoms with Gasteiger partial charge in [0.05, 0.1) is 0 Å². The third-order valence-corrected chi connectivity index (χ3v) is 6.33. The molecule has 1 saturated carbocycles. The summed E-state index contributed by atoms with van der Waals surface area (Å²) in [5, 5.41) is 0. The highest BCUT2D eigenvalue weighted by molar-refractivity contribution is 4.87. The van der Waals surface area contributed by atoms with Gasteiger partial charge in [-0.05, 0) is 74.3 Å². The fourth-order valence-electron chi connectivity index (χ4n) is 4.45. The van der Waals surface area contributed by atoms with Crippen LogP contribution in [0.2, 0.25) is 0 Å². The van der Waals surface area contributed by atoms with E-state index in [-0.39, 0.29) is 0 Å². The molecule has 1 heterocycles. The number of piperidine rings is 1. The normalized spacial score (nSPS) is 33.6.